The Hall–Kier alpha value is -1.43. The van der Waals surface area contributed by atoms with Gasteiger partial charge in [0.05, 0.1) is 21.5 Å². The number of benzene rings is 2. The molecule has 21 heavy (non-hydrogen) atoms. The van der Waals surface area contributed by atoms with Crippen LogP contribution < -0.4 is 4.72 Å². The van der Waals surface area contributed by atoms with Crippen molar-refractivity contribution in [3.63, 3.8) is 0 Å². The van der Waals surface area contributed by atoms with Crippen molar-refractivity contribution < 1.29 is 13.5 Å². The second-order valence-electron chi connectivity index (χ2n) is 4.45. The summed E-state index contributed by atoms with van der Waals surface area (Å²) < 4.78 is 26.4. The van der Waals surface area contributed by atoms with Crippen molar-refractivity contribution in [2.75, 3.05) is 10.5 Å². The van der Waals surface area contributed by atoms with E-state index < -0.39 is 10.0 Å². The number of phenolic OH excluding ortho intramolecular Hbond substituents is 1. The molecule has 0 amide bonds. The van der Waals surface area contributed by atoms with Crippen molar-refractivity contribution in [3.8, 4) is 5.75 Å². The summed E-state index contributed by atoms with van der Waals surface area (Å²) in [6.07, 6.45) is 0.399. The lowest BCUT2D eigenvalue weighted by Gasteiger charge is -2.10. The van der Waals surface area contributed by atoms with Crippen molar-refractivity contribution in [1.82, 2.24) is 0 Å². The van der Waals surface area contributed by atoms with E-state index in [1.54, 1.807) is 0 Å². The summed E-state index contributed by atoms with van der Waals surface area (Å²) in [5.41, 5.74) is 1.15. The summed E-state index contributed by atoms with van der Waals surface area (Å²) in [6.45, 7) is 0. The first-order valence-corrected chi connectivity index (χ1v) is 8.50. The van der Waals surface area contributed by atoms with Gasteiger partial charge in [-0.2, -0.15) is 0 Å². The Kier molecular flexibility index (Phi) is 4.98. The Morgan fingerprint density at radius 3 is 2.19 bits per heavy atom. The summed E-state index contributed by atoms with van der Waals surface area (Å²) in [6, 6.07) is 11.9. The second kappa shape index (κ2) is 6.56. The highest BCUT2D eigenvalue weighted by Crippen LogP contribution is 2.34. The molecule has 2 N–H and O–H groups in total. The van der Waals surface area contributed by atoms with Crippen LogP contribution in [0.4, 0.5) is 5.69 Å². The lowest BCUT2D eigenvalue weighted by atomic mass is 10.2. The van der Waals surface area contributed by atoms with Crippen LogP contribution in [-0.2, 0) is 16.4 Å². The second-order valence-corrected chi connectivity index (χ2v) is 7.10. The molecule has 0 aliphatic rings. The zero-order chi connectivity index (χ0) is 15.5. The minimum Gasteiger partial charge on any atom is -0.505 e. The molecular formula is C14H13Cl2NO3S. The third-order valence-corrected chi connectivity index (χ3v) is 4.66. The van der Waals surface area contributed by atoms with Crippen molar-refractivity contribution >= 4 is 38.9 Å². The van der Waals surface area contributed by atoms with E-state index in [0.29, 0.717) is 6.42 Å². The van der Waals surface area contributed by atoms with Crippen LogP contribution in [0.15, 0.2) is 42.5 Å². The smallest absolute Gasteiger partial charge is 0.233 e. The van der Waals surface area contributed by atoms with Gasteiger partial charge in [-0.15, -0.1) is 0 Å². The molecular weight excluding hydrogens is 333 g/mol. The molecule has 0 bridgehead atoms. The maximum Gasteiger partial charge on any atom is 0.233 e. The van der Waals surface area contributed by atoms with Gasteiger partial charge in [-0.1, -0.05) is 53.5 Å². The molecule has 0 saturated heterocycles. The summed E-state index contributed by atoms with van der Waals surface area (Å²) in [5.74, 6) is -0.335. The first kappa shape index (κ1) is 15.9. The lowest BCUT2D eigenvalue weighted by Crippen LogP contribution is -2.18. The molecule has 0 radical (unpaired) electrons. The van der Waals surface area contributed by atoms with Crippen molar-refractivity contribution in [2.45, 2.75) is 6.42 Å². The molecule has 7 heteroatoms. The number of hydrogen-bond acceptors (Lipinski definition) is 3. The fraction of sp³-hybridized carbons (Fsp3) is 0.143. The van der Waals surface area contributed by atoms with Gasteiger partial charge in [0.25, 0.3) is 0 Å². The van der Waals surface area contributed by atoms with Gasteiger partial charge in [-0.05, 0) is 24.1 Å². The Morgan fingerprint density at radius 1 is 1.05 bits per heavy atom. The molecule has 0 unspecified atom stereocenters. The van der Waals surface area contributed by atoms with E-state index in [1.165, 1.54) is 12.1 Å². The molecule has 2 aromatic carbocycles. The van der Waals surface area contributed by atoms with Crippen LogP contribution in [0.1, 0.15) is 5.56 Å². The zero-order valence-corrected chi connectivity index (χ0v) is 13.2. The van der Waals surface area contributed by atoms with Gasteiger partial charge in [-0.25, -0.2) is 8.42 Å². The third kappa shape index (κ3) is 4.52. The van der Waals surface area contributed by atoms with Gasteiger partial charge in [0, 0.05) is 0 Å². The van der Waals surface area contributed by atoms with Gasteiger partial charge >= 0.3 is 0 Å². The van der Waals surface area contributed by atoms with Crippen LogP contribution in [0.5, 0.6) is 5.75 Å². The summed E-state index contributed by atoms with van der Waals surface area (Å²) in [7, 11) is -3.53. The van der Waals surface area contributed by atoms with Crippen molar-refractivity contribution in [3.05, 3.63) is 58.1 Å². The molecule has 4 nitrogen and oxygen atoms in total. The number of nitrogens with one attached hydrogen (secondary N) is 1. The highest BCUT2D eigenvalue weighted by Gasteiger charge is 2.13. The van der Waals surface area contributed by atoms with Gasteiger partial charge in [0.1, 0.15) is 0 Å². The molecule has 0 aromatic heterocycles. The van der Waals surface area contributed by atoms with Crippen LogP contribution in [0.3, 0.4) is 0 Å². The largest absolute Gasteiger partial charge is 0.505 e. The number of anilines is 1. The topological polar surface area (TPSA) is 66.4 Å². The average molecular weight is 346 g/mol. The van der Waals surface area contributed by atoms with E-state index in [9.17, 15) is 13.5 Å². The van der Waals surface area contributed by atoms with E-state index in [4.69, 9.17) is 23.2 Å². The maximum atomic E-state index is 12.0. The molecule has 0 aliphatic heterocycles. The first-order valence-electron chi connectivity index (χ1n) is 6.10. The zero-order valence-electron chi connectivity index (χ0n) is 10.9. The molecule has 0 spiro atoms. The lowest BCUT2D eigenvalue weighted by molar-refractivity contribution is 0.476. The SMILES string of the molecule is O=S(=O)(CCc1ccccc1)Nc1cc(Cl)c(O)c(Cl)c1. The van der Waals surface area contributed by atoms with Gasteiger partial charge in [-0.3, -0.25) is 4.72 Å². The average Bonchev–Trinajstić information content (AvgIpc) is 2.43. The minimum absolute atomic E-state index is 0.0109. The molecule has 0 atom stereocenters. The Bertz CT molecular complexity index is 710. The monoisotopic (exact) mass is 345 g/mol. The Balaban J connectivity index is 2.07. The van der Waals surface area contributed by atoms with E-state index in [0.717, 1.165) is 5.56 Å². The van der Waals surface area contributed by atoms with Crippen LogP contribution in [0.2, 0.25) is 10.0 Å². The molecule has 0 fully saturated rings. The van der Waals surface area contributed by atoms with Gasteiger partial charge < -0.3 is 5.11 Å². The fourth-order valence-corrected chi connectivity index (χ4v) is 3.32. The van der Waals surface area contributed by atoms with Gasteiger partial charge in [0.2, 0.25) is 10.0 Å². The van der Waals surface area contributed by atoms with Gasteiger partial charge in [0.15, 0.2) is 5.75 Å². The van der Waals surface area contributed by atoms with Crippen LogP contribution in [0.25, 0.3) is 0 Å². The predicted octanol–water partition coefficient (Wildman–Crippen LogP) is 3.68. The highest BCUT2D eigenvalue weighted by molar-refractivity contribution is 7.92. The molecule has 0 aliphatic carbocycles. The number of phenols is 1. The van der Waals surface area contributed by atoms with E-state index in [-0.39, 0.29) is 27.2 Å². The normalized spacial score (nSPS) is 11.3. The Morgan fingerprint density at radius 2 is 1.62 bits per heavy atom. The number of sulfonamides is 1. The van der Waals surface area contributed by atoms with Crippen LogP contribution in [0, 0.1) is 0 Å². The third-order valence-electron chi connectivity index (χ3n) is 2.79. The van der Waals surface area contributed by atoms with E-state index >= 15 is 0 Å². The van der Waals surface area contributed by atoms with Crippen molar-refractivity contribution in [2.24, 2.45) is 0 Å². The van der Waals surface area contributed by atoms with E-state index in [2.05, 4.69) is 4.72 Å². The molecule has 0 saturated carbocycles. The van der Waals surface area contributed by atoms with E-state index in [1.807, 2.05) is 30.3 Å². The quantitative estimate of drug-likeness (QED) is 0.812. The summed E-state index contributed by atoms with van der Waals surface area (Å²) in [4.78, 5) is 0. The van der Waals surface area contributed by atoms with Crippen molar-refractivity contribution in [1.29, 1.82) is 0 Å². The number of hydrogen-bond donors (Lipinski definition) is 2. The fourth-order valence-electron chi connectivity index (χ4n) is 1.75. The molecule has 112 valence electrons. The summed E-state index contributed by atoms with van der Waals surface area (Å²) >= 11 is 11.5. The maximum absolute atomic E-state index is 12.0. The minimum atomic E-state index is -3.53. The molecule has 2 rings (SSSR count). The number of halogens is 2. The van der Waals surface area contributed by atoms with Crippen LogP contribution in [-0.4, -0.2) is 19.3 Å². The summed E-state index contributed by atoms with van der Waals surface area (Å²) in [5, 5.41) is 9.42. The molecule has 2 aromatic rings. The number of aromatic hydroxyl groups is 1. The standard InChI is InChI=1S/C14H13Cl2NO3S/c15-12-8-11(9-13(16)14(12)18)17-21(19,20)7-6-10-4-2-1-3-5-10/h1-5,8-9,17-18H,6-7H2. The Labute approximate surface area is 133 Å². The number of aryl methyl sites for hydroxylation is 1. The van der Waals surface area contributed by atoms with Crippen LogP contribution >= 0.6 is 23.2 Å². The molecule has 0 heterocycles. The highest BCUT2D eigenvalue weighted by atomic mass is 35.5. The first-order chi connectivity index (χ1) is 9.87. The predicted molar refractivity (Wildman–Crippen MR) is 85.7 cm³/mol. The number of rotatable bonds is 5.